The minimum atomic E-state index is -1.05. The van der Waals surface area contributed by atoms with Crippen molar-refractivity contribution in [2.45, 2.75) is 13.0 Å². The van der Waals surface area contributed by atoms with E-state index < -0.39 is 12.1 Å². The molecule has 5 aromatic rings. The van der Waals surface area contributed by atoms with Crippen LogP contribution in [0.4, 0.5) is 0 Å². The molecular weight excluding hydrogens is 724 g/mol. The van der Waals surface area contributed by atoms with Crippen LogP contribution in [0.5, 0.6) is 5.75 Å². The summed E-state index contributed by atoms with van der Waals surface area (Å²) in [5, 5.41) is 15.4. The highest BCUT2D eigenvalue weighted by Gasteiger charge is 2.18. The van der Waals surface area contributed by atoms with Gasteiger partial charge in [-0.3, -0.25) is 4.79 Å². The van der Waals surface area contributed by atoms with Crippen molar-refractivity contribution in [2.24, 2.45) is 5.10 Å². The van der Waals surface area contributed by atoms with Crippen molar-refractivity contribution in [2.75, 3.05) is 0 Å². The quantitative estimate of drug-likeness (QED) is 0.160. The number of nitrogens with zero attached hydrogens (tertiary/aromatic N) is 3. The second-order valence-corrected chi connectivity index (χ2v) is 10.8. The highest BCUT2D eigenvalue weighted by atomic mass is 127. The third kappa shape index (κ3) is 5.22. The van der Waals surface area contributed by atoms with Crippen LogP contribution in [-0.2, 0) is 4.79 Å². The van der Waals surface area contributed by atoms with Gasteiger partial charge in [-0.1, -0.05) is 23.7 Å². The van der Waals surface area contributed by atoms with Gasteiger partial charge in [-0.05, 0) is 106 Å². The first-order valence-electron chi connectivity index (χ1n) is 10.9. The van der Waals surface area contributed by atoms with E-state index in [2.05, 4.69) is 55.3 Å². The Hall–Kier alpha value is -2.97. The lowest BCUT2D eigenvalue weighted by atomic mass is 10.2. The Balaban J connectivity index is 1.62. The van der Waals surface area contributed by atoms with Crippen LogP contribution in [-0.4, -0.2) is 33.1 Å². The maximum atomic E-state index is 13.5. The first kappa shape index (κ1) is 25.7. The Labute approximate surface area is 242 Å². The molecule has 186 valence electrons. The van der Waals surface area contributed by atoms with E-state index in [1.807, 2.05) is 6.07 Å². The fourth-order valence-electron chi connectivity index (χ4n) is 3.63. The number of carboxylic acid groups (broad SMARTS) is 1. The van der Waals surface area contributed by atoms with Gasteiger partial charge in [0, 0.05) is 10.4 Å². The molecule has 37 heavy (non-hydrogen) atoms. The molecule has 0 radical (unpaired) electrons. The lowest BCUT2D eigenvalue weighted by molar-refractivity contribution is -0.144. The lowest BCUT2D eigenvalue weighted by Crippen LogP contribution is -2.23. The molecule has 2 aromatic heterocycles. The second-order valence-electron chi connectivity index (χ2n) is 8.02. The number of carboxylic acids is 1. The molecular formula is C26H16ClI2N3O5. The third-order valence-electron chi connectivity index (χ3n) is 5.44. The molecule has 0 aliphatic carbocycles. The van der Waals surface area contributed by atoms with Gasteiger partial charge in [0.25, 0.3) is 5.56 Å². The van der Waals surface area contributed by atoms with E-state index in [-0.39, 0.29) is 11.4 Å². The molecule has 0 spiro atoms. The zero-order chi connectivity index (χ0) is 26.3. The number of halogens is 3. The predicted octanol–water partition coefficient (Wildman–Crippen LogP) is 6.41. The molecule has 0 bridgehead atoms. The molecule has 0 saturated carbocycles. The number of para-hydroxylation sites is 1. The van der Waals surface area contributed by atoms with Crippen LogP contribution >= 0.6 is 56.8 Å². The maximum Gasteiger partial charge on any atom is 0.344 e. The van der Waals surface area contributed by atoms with Crippen molar-refractivity contribution in [3.8, 4) is 17.3 Å². The maximum absolute atomic E-state index is 13.5. The van der Waals surface area contributed by atoms with Gasteiger partial charge in [-0.2, -0.15) is 9.78 Å². The average Bonchev–Trinajstić information content (AvgIpc) is 3.28. The van der Waals surface area contributed by atoms with Gasteiger partial charge in [0.1, 0.15) is 11.3 Å². The van der Waals surface area contributed by atoms with Crippen LogP contribution in [0.25, 0.3) is 33.5 Å². The standard InChI is InChI=1S/C26H16ClI2N3O5/c1-13(26(34)35)36-23-18(28)8-14(9-19(23)29)12-30-32-24(31-20-5-3-2-4-17(20)25(32)33)22-11-15-10-16(27)6-7-21(15)37-22/h2-13H,1H3,(H,34,35)/t13-/m0/s1. The minimum absolute atomic E-state index is 0.243. The first-order chi connectivity index (χ1) is 17.7. The van der Waals surface area contributed by atoms with Crippen LogP contribution in [0.15, 0.2) is 75.0 Å². The van der Waals surface area contributed by atoms with Gasteiger partial charge in [0.15, 0.2) is 11.9 Å². The summed E-state index contributed by atoms with van der Waals surface area (Å²) < 4.78 is 14.2. The number of aromatic nitrogens is 2. The number of benzene rings is 3. The number of ether oxygens (including phenoxy) is 1. The Morgan fingerprint density at radius 2 is 1.89 bits per heavy atom. The van der Waals surface area contributed by atoms with Gasteiger partial charge >= 0.3 is 5.97 Å². The fourth-order valence-corrected chi connectivity index (χ4v) is 5.88. The SMILES string of the molecule is C[C@H](Oc1c(I)cc(C=Nn2c(-c3cc4cc(Cl)ccc4o3)nc3ccccc3c2=O)cc1I)C(=O)O. The van der Waals surface area contributed by atoms with E-state index in [1.165, 1.54) is 17.8 Å². The first-order valence-corrected chi connectivity index (χ1v) is 13.4. The molecule has 3 aromatic carbocycles. The predicted molar refractivity (Wildman–Crippen MR) is 159 cm³/mol. The summed E-state index contributed by atoms with van der Waals surface area (Å²) in [6.07, 6.45) is 0.542. The molecule has 0 amide bonds. The number of aliphatic carboxylic acids is 1. The molecule has 2 heterocycles. The summed E-state index contributed by atoms with van der Waals surface area (Å²) in [6.45, 7) is 1.47. The highest BCUT2D eigenvalue weighted by Crippen LogP contribution is 2.31. The van der Waals surface area contributed by atoms with Gasteiger partial charge < -0.3 is 14.3 Å². The van der Waals surface area contributed by atoms with Crippen molar-refractivity contribution in [1.82, 2.24) is 9.66 Å². The molecule has 0 fully saturated rings. The van der Waals surface area contributed by atoms with Gasteiger partial charge in [-0.15, -0.1) is 0 Å². The van der Waals surface area contributed by atoms with Crippen molar-refractivity contribution in [3.05, 3.63) is 88.7 Å². The van der Waals surface area contributed by atoms with E-state index in [4.69, 9.17) is 25.9 Å². The zero-order valence-electron chi connectivity index (χ0n) is 19.0. The van der Waals surface area contributed by atoms with Crippen molar-refractivity contribution in [3.63, 3.8) is 0 Å². The summed E-state index contributed by atoms with van der Waals surface area (Å²) in [7, 11) is 0. The van der Waals surface area contributed by atoms with Crippen LogP contribution in [0.1, 0.15) is 12.5 Å². The Bertz CT molecular complexity index is 1760. The third-order valence-corrected chi connectivity index (χ3v) is 7.28. The zero-order valence-corrected chi connectivity index (χ0v) is 24.1. The number of carbonyl (C=O) groups is 1. The summed E-state index contributed by atoms with van der Waals surface area (Å²) in [6, 6.07) is 17.6. The molecule has 0 unspecified atom stereocenters. The largest absolute Gasteiger partial charge is 0.479 e. The topological polar surface area (TPSA) is 107 Å². The molecule has 0 saturated heterocycles. The van der Waals surface area contributed by atoms with Crippen LogP contribution in [0.3, 0.4) is 0 Å². The van der Waals surface area contributed by atoms with E-state index >= 15 is 0 Å². The molecule has 5 rings (SSSR count). The summed E-state index contributed by atoms with van der Waals surface area (Å²) >= 11 is 10.3. The number of furan rings is 1. The van der Waals surface area contributed by atoms with Crippen molar-refractivity contribution >= 4 is 90.8 Å². The van der Waals surface area contributed by atoms with E-state index in [0.29, 0.717) is 45.7 Å². The van der Waals surface area contributed by atoms with Crippen LogP contribution < -0.4 is 10.3 Å². The minimum Gasteiger partial charge on any atom is -0.479 e. The summed E-state index contributed by atoms with van der Waals surface area (Å²) in [5.41, 5.74) is 1.46. The number of hydrogen-bond acceptors (Lipinski definition) is 6. The molecule has 0 aliphatic heterocycles. The van der Waals surface area contributed by atoms with Gasteiger partial charge in [0.05, 0.1) is 24.3 Å². The van der Waals surface area contributed by atoms with Crippen LogP contribution in [0.2, 0.25) is 5.02 Å². The second kappa shape index (κ2) is 10.4. The Morgan fingerprint density at radius 3 is 2.62 bits per heavy atom. The van der Waals surface area contributed by atoms with Crippen molar-refractivity contribution in [1.29, 1.82) is 0 Å². The Kier molecular flexibility index (Phi) is 7.23. The molecule has 0 aliphatic rings. The molecule has 1 N–H and O–H groups in total. The Morgan fingerprint density at radius 1 is 1.16 bits per heavy atom. The summed E-state index contributed by atoms with van der Waals surface area (Å²) in [5.74, 6) is 0.0277. The molecule has 11 heteroatoms. The smallest absolute Gasteiger partial charge is 0.344 e. The number of rotatable bonds is 6. The van der Waals surface area contributed by atoms with E-state index in [0.717, 1.165) is 5.39 Å². The van der Waals surface area contributed by atoms with E-state index in [1.54, 1.807) is 54.6 Å². The molecule has 8 nitrogen and oxygen atoms in total. The van der Waals surface area contributed by atoms with Crippen molar-refractivity contribution < 1.29 is 19.1 Å². The fraction of sp³-hybridized carbons (Fsp3) is 0.0769. The molecule has 1 atom stereocenters. The van der Waals surface area contributed by atoms with Gasteiger partial charge in [-0.25, -0.2) is 9.78 Å². The average molecular weight is 740 g/mol. The lowest BCUT2D eigenvalue weighted by Gasteiger charge is -2.14. The normalized spacial score (nSPS) is 12.4. The monoisotopic (exact) mass is 739 g/mol. The van der Waals surface area contributed by atoms with Gasteiger partial charge in [0.2, 0.25) is 5.82 Å². The number of hydrogen-bond donors (Lipinski definition) is 1. The van der Waals surface area contributed by atoms with Crippen LogP contribution in [0, 0.1) is 7.14 Å². The highest BCUT2D eigenvalue weighted by molar-refractivity contribution is 14.1. The summed E-state index contributed by atoms with van der Waals surface area (Å²) in [4.78, 5) is 29.3. The number of fused-ring (bicyclic) bond motifs is 2. The van der Waals surface area contributed by atoms with E-state index in [9.17, 15) is 9.59 Å².